The Kier molecular flexibility index (Phi) is 6.31. The summed E-state index contributed by atoms with van der Waals surface area (Å²) in [5.74, 6) is 0.984. The van der Waals surface area contributed by atoms with Gasteiger partial charge in [0, 0.05) is 17.4 Å². The SMILES string of the molecule is CCc1nn(-c2ccccc2)c2c1CN(C(=O)Nc1cc(C)cc(C)c1)[C@H](c1cccc(C)c1)c1cccn1-2. The van der Waals surface area contributed by atoms with Crippen LogP contribution in [-0.4, -0.2) is 25.3 Å². The topological polar surface area (TPSA) is 55.1 Å². The van der Waals surface area contributed by atoms with E-state index in [0.29, 0.717) is 6.54 Å². The van der Waals surface area contributed by atoms with Gasteiger partial charge in [-0.15, -0.1) is 0 Å². The van der Waals surface area contributed by atoms with Crippen LogP contribution in [0.1, 0.15) is 52.2 Å². The molecule has 0 saturated heterocycles. The van der Waals surface area contributed by atoms with Gasteiger partial charge in [-0.1, -0.05) is 61.0 Å². The Hall–Kier alpha value is -4.58. The molecular formula is C33H33N5O. The highest BCUT2D eigenvalue weighted by molar-refractivity contribution is 5.90. The summed E-state index contributed by atoms with van der Waals surface area (Å²) in [6.07, 6.45) is 2.85. The van der Waals surface area contributed by atoms with E-state index in [1.54, 1.807) is 0 Å². The lowest BCUT2D eigenvalue weighted by molar-refractivity contribution is 0.194. The summed E-state index contributed by atoms with van der Waals surface area (Å²) in [5.41, 5.74) is 9.33. The Morgan fingerprint density at radius 3 is 2.38 bits per heavy atom. The van der Waals surface area contributed by atoms with Crippen LogP contribution in [0.2, 0.25) is 0 Å². The number of fused-ring (bicyclic) bond motifs is 3. The minimum absolute atomic E-state index is 0.137. The third kappa shape index (κ3) is 4.52. The molecule has 39 heavy (non-hydrogen) atoms. The van der Waals surface area contributed by atoms with Gasteiger partial charge < -0.3 is 14.8 Å². The Morgan fingerprint density at radius 1 is 0.897 bits per heavy atom. The molecule has 3 aromatic carbocycles. The van der Waals surface area contributed by atoms with Crippen molar-refractivity contribution in [3.05, 3.63) is 130 Å². The molecule has 5 aromatic rings. The van der Waals surface area contributed by atoms with Crippen LogP contribution in [0.3, 0.4) is 0 Å². The van der Waals surface area contributed by atoms with E-state index in [0.717, 1.165) is 62.8 Å². The highest BCUT2D eigenvalue weighted by atomic mass is 16.2. The van der Waals surface area contributed by atoms with Crippen molar-refractivity contribution < 1.29 is 4.79 Å². The van der Waals surface area contributed by atoms with E-state index < -0.39 is 0 Å². The number of rotatable bonds is 4. The molecule has 0 bridgehead atoms. The number of aromatic nitrogens is 3. The van der Waals surface area contributed by atoms with E-state index in [2.05, 4.69) is 98.4 Å². The first-order valence-electron chi connectivity index (χ1n) is 13.5. The third-order valence-electron chi connectivity index (χ3n) is 7.40. The van der Waals surface area contributed by atoms with Crippen molar-refractivity contribution in [2.75, 3.05) is 5.32 Å². The highest BCUT2D eigenvalue weighted by Gasteiger charge is 2.36. The van der Waals surface area contributed by atoms with Gasteiger partial charge >= 0.3 is 6.03 Å². The number of benzene rings is 3. The quantitative estimate of drug-likeness (QED) is 0.273. The third-order valence-corrected chi connectivity index (χ3v) is 7.40. The zero-order valence-electron chi connectivity index (χ0n) is 22.8. The molecule has 1 aliphatic rings. The molecule has 6 nitrogen and oxygen atoms in total. The molecule has 196 valence electrons. The molecule has 0 unspecified atom stereocenters. The summed E-state index contributed by atoms with van der Waals surface area (Å²) < 4.78 is 4.24. The molecule has 0 aliphatic carbocycles. The van der Waals surface area contributed by atoms with Crippen LogP contribution >= 0.6 is 0 Å². The summed E-state index contributed by atoms with van der Waals surface area (Å²) in [5, 5.41) is 8.27. The van der Waals surface area contributed by atoms with Crippen molar-refractivity contribution >= 4 is 11.7 Å². The number of nitrogens with zero attached hydrogens (tertiary/aromatic N) is 4. The van der Waals surface area contributed by atoms with Crippen molar-refractivity contribution in [1.29, 1.82) is 0 Å². The van der Waals surface area contributed by atoms with Gasteiger partial charge in [0.1, 0.15) is 5.82 Å². The van der Waals surface area contributed by atoms with Gasteiger partial charge in [0.15, 0.2) is 0 Å². The van der Waals surface area contributed by atoms with Crippen LogP contribution < -0.4 is 5.32 Å². The fourth-order valence-electron chi connectivity index (χ4n) is 5.78. The molecule has 0 radical (unpaired) electrons. The molecule has 0 spiro atoms. The number of nitrogens with one attached hydrogen (secondary N) is 1. The summed E-state index contributed by atoms with van der Waals surface area (Å²) in [4.78, 5) is 16.2. The van der Waals surface area contributed by atoms with Crippen LogP contribution in [0.15, 0.2) is 91.1 Å². The summed E-state index contributed by atoms with van der Waals surface area (Å²) in [7, 11) is 0. The number of hydrogen-bond acceptors (Lipinski definition) is 2. The number of hydrogen-bond donors (Lipinski definition) is 1. The summed E-state index contributed by atoms with van der Waals surface area (Å²) in [6.45, 7) is 8.75. The normalized spacial score (nSPS) is 14.5. The van der Waals surface area contributed by atoms with Crippen LogP contribution in [0, 0.1) is 20.8 Å². The first-order valence-corrected chi connectivity index (χ1v) is 13.5. The Balaban J connectivity index is 1.55. The molecule has 1 aliphatic heterocycles. The summed E-state index contributed by atoms with van der Waals surface area (Å²) in [6, 6.07) is 28.6. The zero-order chi connectivity index (χ0) is 27.1. The van der Waals surface area contributed by atoms with Gasteiger partial charge in [-0.05, 0) is 80.3 Å². The number of para-hydroxylation sites is 1. The molecule has 3 heterocycles. The molecular weight excluding hydrogens is 482 g/mol. The van der Waals surface area contributed by atoms with E-state index in [-0.39, 0.29) is 12.1 Å². The van der Waals surface area contributed by atoms with Gasteiger partial charge in [-0.25, -0.2) is 9.48 Å². The highest BCUT2D eigenvalue weighted by Crippen LogP contribution is 2.39. The fourth-order valence-corrected chi connectivity index (χ4v) is 5.78. The molecule has 1 N–H and O–H groups in total. The molecule has 2 amide bonds. The molecule has 2 aromatic heterocycles. The minimum Gasteiger partial charge on any atom is -0.308 e. The minimum atomic E-state index is -0.285. The molecule has 0 fully saturated rings. The zero-order valence-corrected chi connectivity index (χ0v) is 22.8. The van der Waals surface area contributed by atoms with E-state index in [1.165, 1.54) is 0 Å². The van der Waals surface area contributed by atoms with Gasteiger partial charge in [-0.3, -0.25) is 0 Å². The van der Waals surface area contributed by atoms with Crippen LogP contribution in [0.4, 0.5) is 10.5 Å². The first-order chi connectivity index (χ1) is 18.9. The number of carbonyl (C=O) groups excluding carboxylic acids is 1. The standard InChI is InChI=1S/C33H33N5O/c1-5-29-28-21-37(33(39)34-26-19-23(3)17-24(4)20-26)31(25-12-9-11-22(2)18-25)30-15-10-16-36(30)32(28)38(35-29)27-13-7-6-8-14-27/h6-20,31H,5,21H2,1-4H3,(H,34,39)/t31-/m1/s1. The Bertz CT molecular complexity index is 1640. The average Bonchev–Trinajstić information content (AvgIpc) is 3.49. The number of amides is 2. The maximum absolute atomic E-state index is 14.2. The second-order valence-electron chi connectivity index (χ2n) is 10.4. The lowest BCUT2D eigenvalue weighted by Gasteiger charge is -2.31. The monoisotopic (exact) mass is 515 g/mol. The fraction of sp³-hybridized carbons (Fsp3) is 0.212. The maximum atomic E-state index is 14.2. The van der Waals surface area contributed by atoms with Crippen molar-refractivity contribution in [3.63, 3.8) is 0 Å². The predicted octanol–water partition coefficient (Wildman–Crippen LogP) is 7.29. The van der Waals surface area contributed by atoms with Gasteiger partial charge in [0.25, 0.3) is 0 Å². The molecule has 1 atom stereocenters. The number of urea groups is 1. The van der Waals surface area contributed by atoms with Crippen molar-refractivity contribution in [3.8, 4) is 11.5 Å². The van der Waals surface area contributed by atoms with Crippen molar-refractivity contribution in [2.45, 2.75) is 46.7 Å². The first kappa shape index (κ1) is 24.7. The van der Waals surface area contributed by atoms with E-state index in [4.69, 9.17) is 5.10 Å². The summed E-state index contributed by atoms with van der Waals surface area (Å²) >= 11 is 0. The van der Waals surface area contributed by atoms with E-state index in [9.17, 15) is 4.79 Å². The maximum Gasteiger partial charge on any atom is 0.322 e. The number of aryl methyl sites for hydroxylation is 4. The lowest BCUT2D eigenvalue weighted by Crippen LogP contribution is -2.38. The largest absolute Gasteiger partial charge is 0.322 e. The van der Waals surface area contributed by atoms with Crippen LogP contribution in [0.5, 0.6) is 0 Å². The van der Waals surface area contributed by atoms with Gasteiger partial charge in [0.2, 0.25) is 0 Å². The van der Waals surface area contributed by atoms with Gasteiger partial charge in [-0.2, -0.15) is 5.10 Å². The van der Waals surface area contributed by atoms with Crippen LogP contribution in [-0.2, 0) is 13.0 Å². The van der Waals surface area contributed by atoms with Crippen molar-refractivity contribution in [2.24, 2.45) is 0 Å². The lowest BCUT2D eigenvalue weighted by atomic mass is 10.00. The Morgan fingerprint density at radius 2 is 1.67 bits per heavy atom. The number of carbonyl (C=O) groups is 1. The second-order valence-corrected chi connectivity index (χ2v) is 10.4. The average molecular weight is 516 g/mol. The molecule has 6 heteroatoms. The number of anilines is 1. The molecule has 6 rings (SSSR count). The van der Waals surface area contributed by atoms with Crippen molar-refractivity contribution in [1.82, 2.24) is 19.2 Å². The predicted molar refractivity (Wildman–Crippen MR) is 156 cm³/mol. The van der Waals surface area contributed by atoms with E-state index in [1.807, 2.05) is 39.9 Å². The molecule has 0 saturated carbocycles. The van der Waals surface area contributed by atoms with Crippen LogP contribution in [0.25, 0.3) is 11.5 Å². The van der Waals surface area contributed by atoms with Gasteiger partial charge in [0.05, 0.1) is 29.7 Å². The van der Waals surface area contributed by atoms with E-state index >= 15 is 0 Å². The smallest absolute Gasteiger partial charge is 0.308 e. The second kappa shape index (κ2) is 9.95. The Labute approximate surface area is 229 Å².